The van der Waals surface area contributed by atoms with E-state index in [1.165, 1.54) is 6.08 Å². The monoisotopic (exact) mass is 394 g/mol. The summed E-state index contributed by atoms with van der Waals surface area (Å²) < 4.78 is 5.44. The van der Waals surface area contributed by atoms with Gasteiger partial charge in [0.15, 0.2) is 5.82 Å². The Balaban J connectivity index is 1.45. The number of aromatic nitrogens is 3. The van der Waals surface area contributed by atoms with Gasteiger partial charge in [0, 0.05) is 32.3 Å². The van der Waals surface area contributed by atoms with Crippen molar-refractivity contribution in [1.29, 1.82) is 0 Å². The summed E-state index contributed by atoms with van der Waals surface area (Å²) in [4.78, 5) is 30.4. The molecule has 8 nitrogen and oxygen atoms in total. The minimum atomic E-state index is -0.176. The first kappa shape index (κ1) is 19.3. The molecule has 29 heavy (non-hydrogen) atoms. The molecule has 152 valence electrons. The molecule has 2 saturated heterocycles. The number of rotatable bonds is 6. The van der Waals surface area contributed by atoms with Crippen molar-refractivity contribution in [3.8, 4) is 0 Å². The Labute approximate surface area is 170 Å². The summed E-state index contributed by atoms with van der Waals surface area (Å²) in [5.74, 6) is 1.76. The number of hydrogen-bond acceptors (Lipinski definition) is 7. The van der Waals surface area contributed by atoms with Crippen molar-refractivity contribution in [2.45, 2.75) is 19.4 Å². The number of ether oxygens (including phenoxy) is 1. The maximum atomic E-state index is 12.2. The molecule has 0 saturated carbocycles. The van der Waals surface area contributed by atoms with Gasteiger partial charge in [-0.2, -0.15) is 15.0 Å². The van der Waals surface area contributed by atoms with Crippen molar-refractivity contribution in [1.82, 2.24) is 20.3 Å². The number of amides is 1. The predicted molar refractivity (Wildman–Crippen MR) is 112 cm³/mol. The van der Waals surface area contributed by atoms with Crippen LogP contribution in [0.4, 0.5) is 11.9 Å². The average Bonchev–Trinajstić information content (AvgIpc) is 3.32. The van der Waals surface area contributed by atoms with E-state index in [4.69, 9.17) is 4.74 Å². The van der Waals surface area contributed by atoms with Crippen LogP contribution in [0.3, 0.4) is 0 Å². The van der Waals surface area contributed by atoms with Crippen molar-refractivity contribution >= 4 is 23.9 Å². The smallest absolute Gasteiger partial charge is 0.244 e. The zero-order valence-electron chi connectivity index (χ0n) is 16.5. The van der Waals surface area contributed by atoms with E-state index in [0.717, 1.165) is 44.6 Å². The number of nitrogens with zero attached hydrogens (tertiary/aromatic N) is 5. The van der Waals surface area contributed by atoms with Crippen LogP contribution in [0.2, 0.25) is 0 Å². The van der Waals surface area contributed by atoms with Gasteiger partial charge in [-0.3, -0.25) is 4.79 Å². The lowest BCUT2D eigenvalue weighted by molar-refractivity contribution is -0.116. The third-order valence-corrected chi connectivity index (χ3v) is 4.99. The van der Waals surface area contributed by atoms with Gasteiger partial charge in [0.1, 0.15) is 0 Å². The molecule has 2 aromatic rings. The molecule has 0 atom stereocenters. The Morgan fingerprint density at radius 3 is 2.31 bits per heavy atom. The summed E-state index contributed by atoms with van der Waals surface area (Å²) in [6.45, 7) is 5.03. The van der Waals surface area contributed by atoms with Crippen LogP contribution < -0.4 is 15.1 Å². The van der Waals surface area contributed by atoms with E-state index in [1.54, 1.807) is 6.08 Å². The largest absolute Gasteiger partial charge is 0.378 e. The summed E-state index contributed by atoms with van der Waals surface area (Å²) >= 11 is 0. The van der Waals surface area contributed by atoms with Gasteiger partial charge in [-0.1, -0.05) is 30.3 Å². The molecular weight excluding hydrogens is 368 g/mol. The molecule has 0 aliphatic carbocycles. The number of hydrogen-bond donors (Lipinski definition) is 1. The lowest BCUT2D eigenvalue weighted by atomic mass is 10.2. The van der Waals surface area contributed by atoms with E-state index >= 15 is 0 Å². The quantitative estimate of drug-likeness (QED) is 0.746. The second-order valence-electron chi connectivity index (χ2n) is 7.11. The number of carbonyl (C=O) groups is 1. The lowest BCUT2D eigenvalue weighted by Gasteiger charge is -2.28. The first-order valence-corrected chi connectivity index (χ1v) is 10.1. The summed E-state index contributed by atoms with van der Waals surface area (Å²) in [6.07, 6.45) is 5.61. The highest BCUT2D eigenvalue weighted by Crippen LogP contribution is 2.19. The van der Waals surface area contributed by atoms with Crippen molar-refractivity contribution < 1.29 is 9.53 Å². The zero-order chi connectivity index (χ0) is 19.9. The van der Waals surface area contributed by atoms with Gasteiger partial charge < -0.3 is 19.9 Å². The summed E-state index contributed by atoms with van der Waals surface area (Å²) in [5, 5.41) is 2.88. The fourth-order valence-corrected chi connectivity index (χ4v) is 3.40. The second kappa shape index (κ2) is 9.47. The average molecular weight is 394 g/mol. The van der Waals surface area contributed by atoms with E-state index in [0.29, 0.717) is 30.9 Å². The van der Waals surface area contributed by atoms with Crippen LogP contribution in [0, 0.1) is 0 Å². The SMILES string of the molecule is O=C(C=Cc1ccccc1)NCc1nc(N2CCCC2)nc(N2CCOCC2)n1. The highest BCUT2D eigenvalue weighted by molar-refractivity contribution is 5.91. The Kier molecular flexibility index (Phi) is 6.31. The first-order chi connectivity index (χ1) is 14.3. The van der Waals surface area contributed by atoms with Gasteiger partial charge in [0.25, 0.3) is 0 Å². The highest BCUT2D eigenvalue weighted by atomic mass is 16.5. The Morgan fingerprint density at radius 2 is 1.62 bits per heavy atom. The van der Waals surface area contributed by atoms with Crippen LogP contribution >= 0.6 is 0 Å². The number of carbonyl (C=O) groups excluding carboxylic acids is 1. The van der Waals surface area contributed by atoms with Gasteiger partial charge in [-0.25, -0.2) is 0 Å². The molecule has 4 rings (SSSR count). The lowest BCUT2D eigenvalue weighted by Crippen LogP contribution is -2.38. The molecule has 2 aliphatic heterocycles. The number of anilines is 2. The summed E-state index contributed by atoms with van der Waals surface area (Å²) in [7, 11) is 0. The van der Waals surface area contributed by atoms with Crippen LogP contribution in [0.25, 0.3) is 6.08 Å². The predicted octanol–water partition coefficient (Wildman–Crippen LogP) is 1.64. The summed E-state index contributed by atoms with van der Waals surface area (Å²) in [6, 6.07) is 9.73. The molecule has 0 bridgehead atoms. The third-order valence-electron chi connectivity index (χ3n) is 4.99. The van der Waals surface area contributed by atoms with E-state index in [2.05, 4.69) is 30.1 Å². The Hall–Kier alpha value is -3.00. The first-order valence-electron chi connectivity index (χ1n) is 10.1. The minimum absolute atomic E-state index is 0.176. The van der Waals surface area contributed by atoms with Gasteiger partial charge in [0.2, 0.25) is 17.8 Å². The fourth-order valence-electron chi connectivity index (χ4n) is 3.40. The molecule has 1 aromatic heterocycles. The van der Waals surface area contributed by atoms with Crippen molar-refractivity contribution in [3.05, 3.63) is 47.8 Å². The number of nitrogens with one attached hydrogen (secondary N) is 1. The van der Waals surface area contributed by atoms with Crippen molar-refractivity contribution in [2.24, 2.45) is 0 Å². The van der Waals surface area contributed by atoms with Gasteiger partial charge in [-0.05, 0) is 24.5 Å². The topological polar surface area (TPSA) is 83.5 Å². The minimum Gasteiger partial charge on any atom is -0.378 e. The molecule has 2 fully saturated rings. The standard InChI is InChI=1S/C21H26N6O2/c28-19(9-8-17-6-2-1-3-7-17)22-16-18-23-20(26-10-4-5-11-26)25-21(24-18)27-12-14-29-15-13-27/h1-3,6-9H,4-5,10-16H2,(H,22,28). The Bertz CT molecular complexity index is 846. The number of morpholine rings is 1. The van der Waals surface area contributed by atoms with E-state index < -0.39 is 0 Å². The third kappa shape index (κ3) is 5.29. The molecule has 1 N–H and O–H groups in total. The van der Waals surface area contributed by atoms with E-state index in [1.807, 2.05) is 30.3 Å². The van der Waals surface area contributed by atoms with E-state index in [9.17, 15) is 4.79 Å². The van der Waals surface area contributed by atoms with Crippen LogP contribution in [0.15, 0.2) is 36.4 Å². The molecule has 0 radical (unpaired) electrons. The summed E-state index contributed by atoms with van der Waals surface area (Å²) in [5.41, 5.74) is 0.980. The van der Waals surface area contributed by atoms with Crippen LogP contribution in [-0.2, 0) is 16.1 Å². The van der Waals surface area contributed by atoms with Crippen molar-refractivity contribution in [2.75, 3.05) is 49.2 Å². The van der Waals surface area contributed by atoms with Gasteiger partial charge in [0.05, 0.1) is 19.8 Å². The second-order valence-corrected chi connectivity index (χ2v) is 7.11. The molecule has 1 aromatic carbocycles. The molecular formula is C21H26N6O2. The van der Waals surface area contributed by atoms with Crippen LogP contribution in [0.5, 0.6) is 0 Å². The van der Waals surface area contributed by atoms with Crippen LogP contribution in [-0.4, -0.2) is 60.3 Å². The van der Waals surface area contributed by atoms with Crippen molar-refractivity contribution in [3.63, 3.8) is 0 Å². The van der Waals surface area contributed by atoms with Gasteiger partial charge in [-0.15, -0.1) is 0 Å². The van der Waals surface area contributed by atoms with Gasteiger partial charge >= 0.3 is 0 Å². The Morgan fingerprint density at radius 1 is 0.966 bits per heavy atom. The maximum absolute atomic E-state index is 12.2. The van der Waals surface area contributed by atoms with E-state index in [-0.39, 0.29) is 12.5 Å². The maximum Gasteiger partial charge on any atom is 0.244 e. The fraction of sp³-hybridized carbons (Fsp3) is 0.429. The van der Waals surface area contributed by atoms with Crippen LogP contribution in [0.1, 0.15) is 24.2 Å². The molecule has 0 spiro atoms. The molecule has 1 amide bonds. The highest BCUT2D eigenvalue weighted by Gasteiger charge is 2.21. The molecule has 0 unspecified atom stereocenters. The number of benzene rings is 1. The molecule has 2 aliphatic rings. The molecule has 3 heterocycles. The molecule has 8 heteroatoms. The zero-order valence-corrected chi connectivity index (χ0v) is 16.5. The normalized spacial score (nSPS) is 17.1.